The lowest BCUT2D eigenvalue weighted by atomic mass is 10.00. The lowest BCUT2D eigenvalue weighted by Gasteiger charge is -2.14. The predicted molar refractivity (Wildman–Crippen MR) is 58.3 cm³/mol. The Labute approximate surface area is 93.5 Å². The zero-order valence-corrected chi connectivity index (χ0v) is 9.01. The summed E-state index contributed by atoms with van der Waals surface area (Å²) in [6.45, 7) is -0.379. The monoisotopic (exact) mass is 225 g/mol. The first-order chi connectivity index (χ1) is 7.60. The molecule has 5 heteroatoms. The van der Waals surface area contributed by atoms with Gasteiger partial charge in [-0.05, 0) is 12.1 Å². The summed E-state index contributed by atoms with van der Waals surface area (Å²) in [5, 5.41) is 18.2. The van der Waals surface area contributed by atoms with Gasteiger partial charge in [0.1, 0.15) is 5.75 Å². The molecule has 0 spiro atoms. The molecule has 88 valence electrons. The SMILES string of the molecule is COc1cccc(C(N)=O)c1CC(O)CO. The molecule has 0 aliphatic rings. The van der Waals surface area contributed by atoms with Crippen LogP contribution in [0.5, 0.6) is 5.75 Å². The predicted octanol–water partition coefficient (Wildman–Crippen LogP) is -0.310. The third-order valence-corrected chi connectivity index (χ3v) is 2.27. The molecule has 0 aliphatic carbocycles. The van der Waals surface area contributed by atoms with Gasteiger partial charge in [-0.2, -0.15) is 0 Å². The average molecular weight is 225 g/mol. The van der Waals surface area contributed by atoms with Crippen molar-refractivity contribution >= 4 is 5.91 Å². The van der Waals surface area contributed by atoms with E-state index in [4.69, 9.17) is 15.6 Å². The maximum absolute atomic E-state index is 11.2. The molecule has 0 heterocycles. The Morgan fingerprint density at radius 1 is 1.56 bits per heavy atom. The van der Waals surface area contributed by atoms with E-state index in [9.17, 15) is 9.90 Å². The van der Waals surface area contributed by atoms with E-state index in [1.165, 1.54) is 7.11 Å². The largest absolute Gasteiger partial charge is 0.496 e. The molecule has 1 aromatic rings. The second kappa shape index (κ2) is 5.48. The molecule has 0 saturated heterocycles. The Balaban J connectivity index is 3.14. The number of nitrogens with two attached hydrogens (primary N) is 1. The fourth-order valence-corrected chi connectivity index (χ4v) is 1.50. The highest BCUT2D eigenvalue weighted by atomic mass is 16.5. The summed E-state index contributed by atoms with van der Waals surface area (Å²) >= 11 is 0. The molecule has 16 heavy (non-hydrogen) atoms. The Hall–Kier alpha value is -1.59. The van der Waals surface area contributed by atoms with E-state index in [0.717, 1.165) is 0 Å². The highest BCUT2D eigenvalue weighted by molar-refractivity contribution is 5.95. The Morgan fingerprint density at radius 2 is 2.25 bits per heavy atom. The van der Waals surface area contributed by atoms with Gasteiger partial charge in [-0.1, -0.05) is 6.07 Å². The minimum absolute atomic E-state index is 0.124. The minimum Gasteiger partial charge on any atom is -0.496 e. The minimum atomic E-state index is -0.936. The fraction of sp³-hybridized carbons (Fsp3) is 0.364. The van der Waals surface area contributed by atoms with Gasteiger partial charge in [0.2, 0.25) is 5.91 Å². The zero-order chi connectivity index (χ0) is 12.1. The number of rotatable bonds is 5. The first-order valence-electron chi connectivity index (χ1n) is 4.84. The summed E-state index contributed by atoms with van der Waals surface area (Å²) in [6.07, 6.45) is -0.812. The summed E-state index contributed by atoms with van der Waals surface area (Å²) in [5.74, 6) is -0.108. The van der Waals surface area contributed by atoms with Crippen molar-refractivity contribution in [2.24, 2.45) is 5.73 Å². The van der Waals surface area contributed by atoms with Crippen LogP contribution >= 0.6 is 0 Å². The quantitative estimate of drug-likeness (QED) is 0.641. The van der Waals surface area contributed by atoms with Crippen molar-refractivity contribution in [3.05, 3.63) is 29.3 Å². The summed E-state index contributed by atoms with van der Waals surface area (Å²) in [7, 11) is 1.47. The molecular formula is C11H15NO4. The summed E-state index contributed by atoms with van der Waals surface area (Å²) in [6, 6.07) is 4.88. The zero-order valence-electron chi connectivity index (χ0n) is 9.01. The highest BCUT2D eigenvalue weighted by Gasteiger charge is 2.16. The van der Waals surface area contributed by atoms with E-state index >= 15 is 0 Å². The van der Waals surface area contributed by atoms with Gasteiger partial charge < -0.3 is 20.7 Å². The molecule has 1 aromatic carbocycles. The highest BCUT2D eigenvalue weighted by Crippen LogP contribution is 2.23. The lowest BCUT2D eigenvalue weighted by Crippen LogP contribution is -2.20. The van der Waals surface area contributed by atoms with Crippen molar-refractivity contribution in [2.75, 3.05) is 13.7 Å². The number of methoxy groups -OCH3 is 1. The van der Waals surface area contributed by atoms with Gasteiger partial charge >= 0.3 is 0 Å². The molecular weight excluding hydrogens is 210 g/mol. The molecule has 0 radical (unpaired) electrons. The van der Waals surface area contributed by atoms with Gasteiger partial charge in [-0.25, -0.2) is 0 Å². The van der Waals surface area contributed by atoms with Gasteiger partial charge in [0, 0.05) is 17.5 Å². The van der Waals surface area contributed by atoms with Crippen molar-refractivity contribution < 1.29 is 19.7 Å². The van der Waals surface area contributed by atoms with E-state index in [1.807, 2.05) is 0 Å². The van der Waals surface area contributed by atoms with Crippen molar-refractivity contribution in [1.29, 1.82) is 0 Å². The number of amides is 1. The van der Waals surface area contributed by atoms with Crippen LogP contribution in [0.3, 0.4) is 0 Å². The molecule has 1 rings (SSSR count). The van der Waals surface area contributed by atoms with E-state index in [-0.39, 0.29) is 13.0 Å². The molecule has 5 nitrogen and oxygen atoms in total. The van der Waals surface area contributed by atoms with E-state index in [2.05, 4.69) is 0 Å². The van der Waals surface area contributed by atoms with Crippen LogP contribution in [0.15, 0.2) is 18.2 Å². The van der Waals surface area contributed by atoms with Crippen LogP contribution in [0.25, 0.3) is 0 Å². The number of benzene rings is 1. The number of ether oxygens (including phenoxy) is 1. The molecule has 0 bridgehead atoms. The van der Waals surface area contributed by atoms with Gasteiger partial charge in [0.05, 0.1) is 19.8 Å². The van der Waals surface area contributed by atoms with Crippen LogP contribution in [0, 0.1) is 0 Å². The van der Waals surface area contributed by atoms with Crippen LogP contribution in [0.1, 0.15) is 15.9 Å². The van der Waals surface area contributed by atoms with Gasteiger partial charge in [-0.3, -0.25) is 4.79 Å². The number of aliphatic hydroxyl groups is 2. The summed E-state index contributed by atoms with van der Waals surface area (Å²) < 4.78 is 5.08. The number of aliphatic hydroxyl groups excluding tert-OH is 2. The maximum atomic E-state index is 11.2. The molecule has 0 fully saturated rings. The van der Waals surface area contributed by atoms with Crippen LogP contribution in [0.2, 0.25) is 0 Å². The van der Waals surface area contributed by atoms with Crippen molar-refractivity contribution in [3.8, 4) is 5.75 Å². The lowest BCUT2D eigenvalue weighted by molar-refractivity contribution is 0.0934. The van der Waals surface area contributed by atoms with Crippen molar-refractivity contribution in [3.63, 3.8) is 0 Å². The molecule has 1 unspecified atom stereocenters. The third-order valence-electron chi connectivity index (χ3n) is 2.27. The first kappa shape index (κ1) is 12.5. The van der Waals surface area contributed by atoms with Gasteiger partial charge in [-0.15, -0.1) is 0 Å². The number of hydrogen-bond acceptors (Lipinski definition) is 4. The van der Waals surface area contributed by atoms with Gasteiger partial charge in [0.25, 0.3) is 0 Å². The summed E-state index contributed by atoms with van der Waals surface area (Å²) in [5.41, 5.74) is 6.03. The van der Waals surface area contributed by atoms with Crippen LogP contribution in [-0.4, -0.2) is 35.9 Å². The summed E-state index contributed by atoms with van der Waals surface area (Å²) in [4.78, 5) is 11.2. The molecule has 0 aliphatic heterocycles. The van der Waals surface area contributed by atoms with Crippen LogP contribution in [-0.2, 0) is 6.42 Å². The Morgan fingerprint density at radius 3 is 2.75 bits per heavy atom. The van der Waals surface area contributed by atoms with Crippen LogP contribution in [0.4, 0.5) is 0 Å². The Kier molecular flexibility index (Phi) is 4.28. The molecule has 1 atom stereocenters. The number of carbonyl (C=O) groups is 1. The number of primary amides is 1. The van der Waals surface area contributed by atoms with Crippen molar-refractivity contribution in [2.45, 2.75) is 12.5 Å². The second-order valence-electron chi connectivity index (χ2n) is 3.39. The molecule has 0 aromatic heterocycles. The standard InChI is InChI=1S/C11H15NO4/c1-16-10-4-2-3-8(11(12)15)9(10)5-7(14)6-13/h2-4,7,13-14H,5-6H2,1H3,(H2,12,15). The third kappa shape index (κ3) is 2.71. The topological polar surface area (TPSA) is 92.8 Å². The number of carbonyl (C=O) groups excluding carboxylic acids is 1. The molecule has 1 amide bonds. The average Bonchev–Trinajstić information content (AvgIpc) is 2.28. The Bertz CT molecular complexity index is 378. The fourth-order valence-electron chi connectivity index (χ4n) is 1.50. The maximum Gasteiger partial charge on any atom is 0.249 e. The number of hydrogen-bond donors (Lipinski definition) is 3. The molecule has 0 saturated carbocycles. The first-order valence-corrected chi connectivity index (χ1v) is 4.84. The van der Waals surface area contributed by atoms with E-state index in [1.54, 1.807) is 18.2 Å². The molecule has 4 N–H and O–H groups in total. The normalized spacial score (nSPS) is 12.2. The van der Waals surface area contributed by atoms with E-state index in [0.29, 0.717) is 16.9 Å². The van der Waals surface area contributed by atoms with Crippen molar-refractivity contribution in [1.82, 2.24) is 0 Å². The smallest absolute Gasteiger partial charge is 0.249 e. The van der Waals surface area contributed by atoms with Gasteiger partial charge in [0.15, 0.2) is 0 Å². The second-order valence-corrected chi connectivity index (χ2v) is 3.39. The van der Waals surface area contributed by atoms with E-state index < -0.39 is 12.0 Å². The van der Waals surface area contributed by atoms with Crippen LogP contribution < -0.4 is 10.5 Å².